The van der Waals surface area contributed by atoms with E-state index in [2.05, 4.69) is 9.89 Å². The maximum Gasteiger partial charge on any atom is 0.417 e. The van der Waals surface area contributed by atoms with Crippen molar-refractivity contribution in [3.63, 3.8) is 0 Å². The highest BCUT2D eigenvalue weighted by Gasteiger charge is 2.32. The molecule has 1 aromatic carbocycles. The number of benzene rings is 1. The lowest BCUT2D eigenvalue weighted by atomic mass is 10.1. The van der Waals surface area contributed by atoms with Crippen molar-refractivity contribution in [1.82, 2.24) is 4.90 Å². The van der Waals surface area contributed by atoms with Crippen LogP contribution in [0.25, 0.3) is 0 Å². The molecule has 28 heavy (non-hydrogen) atoms. The normalized spacial score (nSPS) is 16.5. The Labute approximate surface area is 174 Å². The van der Waals surface area contributed by atoms with Gasteiger partial charge < -0.3 is 10.6 Å². The zero-order valence-corrected chi connectivity index (χ0v) is 17.7. The lowest BCUT2D eigenvalue weighted by molar-refractivity contribution is -0.137. The Bertz CT molecular complexity index is 632. The molecule has 0 saturated carbocycles. The van der Waals surface area contributed by atoms with E-state index in [4.69, 9.17) is 17.3 Å². The van der Waals surface area contributed by atoms with E-state index in [1.807, 2.05) is 0 Å². The van der Waals surface area contributed by atoms with Gasteiger partial charge in [-0.2, -0.15) is 13.2 Å². The number of unbranched alkanes of at least 4 members (excludes halogenated alkanes) is 1. The molecule has 0 aromatic heterocycles. The third-order valence-corrected chi connectivity index (χ3v) is 6.03. The molecule has 1 fully saturated rings. The summed E-state index contributed by atoms with van der Waals surface area (Å²) in [5, 5.41) is 0.379. The van der Waals surface area contributed by atoms with Gasteiger partial charge in [0.1, 0.15) is 0 Å². The second kappa shape index (κ2) is 11.9. The number of alkyl halides is 3. The summed E-state index contributed by atoms with van der Waals surface area (Å²) < 4.78 is 38.1. The van der Waals surface area contributed by atoms with Gasteiger partial charge in [0.15, 0.2) is 5.17 Å². The molecule has 1 aromatic rings. The number of halogens is 4. The summed E-state index contributed by atoms with van der Waals surface area (Å²) in [6.07, 6.45) is 3.05. The van der Waals surface area contributed by atoms with Crippen LogP contribution < -0.4 is 5.73 Å². The van der Waals surface area contributed by atoms with E-state index in [9.17, 15) is 13.2 Å². The molecule has 2 rings (SSSR count). The maximum atomic E-state index is 12.7. The van der Waals surface area contributed by atoms with E-state index >= 15 is 0 Å². The van der Waals surface area contributed by atoms with Gasteiger partial charge in [0, 0.05) is 12.3 Å². The van der Waals surface area contributed by atoms with E-state index in [0.717, 1.165) is 43.2 Å². The first-order valence-electron chi connectivity index (χ1n) is 9.87. The lowest BCUT2D eigenvalue weighted by Gasteiger charge is -2.26. The van der Waals surface area contributed by atoms with Crippen LogP contribution in [0.1, 0.15) is 49.7 Å². The van der Waals surface area contributed by atoms with Crippen LogP contribution >= 0.6 is 23.4 Å². The predicted molar refractivity (Wildman–Crippen MR) is 113 cm³/mol. The van der Waals surface area contributed by atoms with Gasteiger partial charge in [-0.3, -0.25) is 4.99 Å². The second-order valence-corrected chi connectivity index (χ2v) is 8.62. The van der Waals surface area contributed by atoms with Gasteiger partial charge in [-0.1, -0.05) is 35.9 Å². The van der Waals surface area contributed by atoms with Crippen molar-refractivity contribution in [1.29, 1.82) is 0 Å². The Morgan fingerprint density at radius 1 is 1.14 bits per heavy atom. The average Bonchev–Trinajstić information content (AvgIpc) is 2.65. The Kier molecular flexibility index (Phi) is 9.95. The first-order chi connectivity index (χ1) is 13.4. The van der Waals surface area contributed by atoms with E-state index in [-0.39, 0.29) is 5.02 Å². The van der Waals surface area contributed by atoms with E-state index < -0.39 is 11.7 Å². The highest BCUT2D eigenvalue weighted by Crippen LogP contribution is 2.35. The fourth-order valence-electron chi connectivity index (χ4n) is 3.27. The Morgan fingerprint density at radius 3 is 2.57 bits per heavy atom. The van der Waals surface area contributed by atoms with E-state index in [1.54, 1.807) is 11.8 Å². The quantitative estimate of drug-likeness (QED) is 0.311. The molecular weight excluding hydrogens is 407 g/mol. The van der Waals surface area contributed by atoms with E-state index in [0.29, 0.717) is 18.1 Å². The molecule has 0 amide bonds. The van der Waals surface area contributed by atoms with Crippen molar-refractivity contribution in [2.45, 2.75) is 51.1 Å². The molecule has 0 radical (unpaired) electrons. The number of likely N-dealkylation sites (tertiary alicyclic amines) is 1. The maximum absolute atomic E-state index is 12.7. The van der Waals surface area contributed by atoms with Gasteiger partial charge in [0.25, 0.3) is 0 Å². The van der Waals surface area contributed by atoms with Gasteiger partial charge in [0.2, 0.25) is 0 Å². The molecule has 0 aliphatic carbocycles. The van der Waals surface area contributed by atoms with E-state index in [1.165, 1.54) is 44.5 Å². The van der Waals surface area contributed by atoms with Gasteiger partial charge >= 0.3 is 6.18 Å². The number of thioether (sulfide) groups is 1. The van der Waals surface area contributed by atoms with Crippen molar-refractivity contribution < 1.29 is 13.2 Å². The average molecular weight is 436 g/mol. The van der Waals surface area contributed by atoms with Crippen LogP contribution in [0.2, 0.25) is 5.02 Å². The minimum absolute atomic E-state index is 0.242. The molecule has 8 heteroatoms. The van der Waals surface area contributed by atoms with Gasteiger partial charge in [-0.25, -0.2) is 0 Å². The highest BCUT2D eigenvalue weighted by molar-refractivity contribution is 8.13. The SMILES string of the molecule is NC(=NCCCCc1ccc(C(F)(F)F)c(Cl)c1)SCCCN1CCCCC1. The third kappa shape index (κ3) is 8.62. The first kappa shape index (κ1) is 23.4. The number of piperidine rings is 1. The number of hydrogen-bond acceptors (Lipinski definition) is 3. The van der Waals surface area contributed by atoms with Crippen LogP contribution in [0.4, 0.5) is 13.2 Å². The minimum Gasteiger partial charge on any atom is -0.379 e. The van der Waals surface area contributed by atoms with Crippen molar-refractivity contribution in [2.75, 3.05) is 31.9 Å². The summed E-state index contributed by atoms with van der Waals surface area (Å²) in [5.41, 5.74) is 5.96. The molecule has 158 valence electrons. The lowest BCUT2D eigenvalue weighted by Crippen LogP contribution is -2.30. The van der Waals surface area contributed by atoms with Crippen LogP contribution in [0.5, 0.6) is 0 Å². The fourth-order valence-corrected chi connectivity index (χ4v) is 4.24. The summed E-state index contributed by atoms with van der Waals surface area (Å²) in [7, 11) is 0. The molecule has 0 atom stereocenters. The summed E-state index contributed by atoms with van der Waals surface area (Å²) in [5.74, 6) is 0.982. The zero-order chi connectivity index (χ0) is 20.4. The Balaban J connectivity index is 1.58. The van der Waals surface area contributed by atoms with Crippen LogP contribution in [0.15, 0.2) is 23.2 Å². The largest absolute Gasteiger partial charge is 0.417 e. The summed E-state index contributed by atoms with van der Waals surface area (Å²) in [6.45, 7) is 4.21. The van der Waals surface area contributed by atoms with Crippen molar-refractivity contribution >= 4 is 28.5 Å². The number of nitrogens with zero attached hydrogens (tertiary/aromatic N) is 2. The standard InChI is InChI=1S/C20H29ClF3N3S/c21-18-15-16(8-9-17(18)20(22,23)24)7-2-3-10-26-19(25)28-14-6-13-27-11-4-1-5-12-27/h8-9,15H,1-7,10-14H2,(H2,25,26). The number of hydrogen-bond donors (Lipinski definition) is 1. The summed E-state index contributed by atoms with van der Waals surface area (Å²) >= 11 is 7.34. The molecule has 1 aliphatic rings. The molecule has 1 heterocycles. The van der Waals surface area contributed by atoms with Crippen LogP contribution in [0, 0.1) is 0 Å². The number of aryl methyl sites for hydroxylation is 1. The molecule has 3 nitrogen and oxygen atoms in total. The number of aliphatic imine (C=N–C) groups is 1. The van der Waals surface area contributed by atoms with Crippen molar-refractivity contribution in [3.8, 4) is 0 Å². The molecular formula is C20H29ClF3N3S. The predicted octanol–water partition coefficient (Wildman–Crippen LogP) is 5.61. The smallest absolute Gasteiger partial charge is 0.379 e. The molecule has 2 N–H and O–H groups in total. The molecule has 0 unspecified atom stereocenters. The van der Waals surface area contributed by atoms with Crippen LogP contribution in [-0.4, -0.2) is 42.0 Å². The fraction of sp³-hybridized carbons (Fsp3) is 0.650. The highest BCUT2D eigenvalue weighted by atomic mass is 35.5. The van der Waals surface area contributed by atoms with Crippen molar-refractivity contribution in [2.24, 2.45) is 10.7 Å². The Morgan fingerprint density at radius 2 is 1.89 bits per heavy atom. The number of rotatable bonds is 9. The van der Waals surface area contributed by atoms with Gasteiger partial charge in [-0.15, -0.1) is 0 Å². The zero-order valence-electron chi connectivity index (χ0n) is 16.1. The third-order valence-electron chi connectivity index (χ3n) is 4.80. The van der Waals surface area contributed by atoms with Crippen LogP contribution in [-0.2, 0) is 12.6 Å². The van der Waals surface area contributed by atoms with Crippen molar-refractivity contribution in [3.05, 3.63) is 34.3 Å². The van der Waals surface area contributed by atoms with Gasteiger partial charge in [-0.05, 0) is 75.9 Å². The van der Waals surface area contributed by atoms with Crippen LogP contribution in [0.3, 0.4) is 0 Å². The molecule has 0 bridgehead atoms. The molecule has 1 aliphatic heterocycles. The minimum atomic E-state index is -4.41. The topological polar surface area (TPSA) is 41.6 Å². The Hall–Kier alpha value is -0.920. The van der Waals surface area contributed by atoms with Gasteiger partial charge in [0.05, 0.1) is 10.6 Å². The number of nitrogens with two attached hydrogens (primary N) is 1. The number of amidine groups is 1. The summed E-state index contributed by atoms with van der Waals surface area (Å²) in [6, 6.07) is 3.94. The monoisotopic (exact) mass is 435 g/mol. The molecule has 1 saturated heterocycles. The second-order valence-electron chi connectivity index (χ2n) is 7.09. The first-order valence-corrected chi connectivity index (χ1v) is 11.2. The molecule has 0 spiro atoms. The summed E-state index contributed by atoms with van der Waals surface area (Å²) in [4.78, 5) is 6.89.